The zero-order valence-electron chi connectivity index (χ0n) is 17.2. The predicted octanol–water partition coefficient (Wildman–Crippen LogP) is 5.55. The smallest absolute Gasteiger partial charge is 0.125 e. The van der Waals surface area contributed by atoms with Gasteiger partial charge in [0, 0.05) is 14.7 Å². The second kappa shape index (κ2) is 12.6. The van der Waals surface area contributed by atoms with E-state index in [-0.39, 0.29) is 18.3 Å². The molecule has 0 radical (unpaired) electrons. The van der Waals surface area contributed by atoms with Crippen LogP contribution in [0.1, 0.15) is 30.4 Å². The first-order valence-electron chi connectivity index (χ1n) is 10.3. The number of alkyl halides is 1. The van der Waals surface area contributed by atoms with Gasteiger partial charge in [0.2, 0.25) is 0 Å². The maximum Gasteiger partial charge on any atom is 0.125 e. The molecule has 1 aliphatic heterocycles. The molecule has 1 saturated heterocycles. The van der Waals surface area contributed by atoms with Gasteiger partial charge in [0.05, 0.1) is 42.5 Å². The van der Waals surface area contributed by atoms with Crippen LogP contribution in [0.3, 0.4) is 0 Å². The lowest BCUT2D eigenvalue weighted by molar-refractivity contribution is -0.0663. The first-order chi connectivity index (χ1) is 14.7. The molecule has 6 heteroatoms. The van der Waals surface area contributed by atoms with E-state index in [0.29, 0.717) is 13.2 Å². The zero-order valence-corrected chi connectivity index (χ0v) is 20.2. The van der Waals surface area contributed by atoms with Crippen LogP contribution >= 0.6 is 22.6 Å². The van der Waals surface area contributed by atoms with E-state index in [1.54, 1.807) is 11.7 Å². The Labute approximate surface area is 195 Å². The van der Waals surface area contributed by atoms with Crippen LogP contribution in [0.2, 0.25) is 0 Å². The van der Waals surface area contributed by atoms with Gasteiger partial charge in [-0.05, 0) is 43.9 Å². The fraction of sp³-hybridized carbons (Fsp3) is 0.417. The molecule has 2 aromatic rings. The molecule has 2 aromatic carbocycles. The number of hydrogen-bond donors (Lipinski definition) is 0. The molecule has 3 rings (SSSR count). The van der Waals surface area contributed by atoms with Crippen LogP contribution < -0.4 is 0 Å². The highest BCUT2D eigenvalue weighted by Gasteiger charge is 2.32. The van der Waals surface area contributed by atoms with Gasteiger partial charge < -0.3 is 14.2 Å². The molecule has 0 N–H and O–H groups in total. The third-order valence-corrected chi connectivity index (χ3v) is 6.77. The quantitative estimate of drug-likeness (QED) is 0.213. The summed E-state index contributed by atoms with van der Waals surface area (Å²) >= 11 is 2.36. The van der Waals surface area contributed by atoms with Crippen molar-refractivity contribution in [1.29, 1.82) is 0 Å². The van der Waals surface area contributed by atoms with Crippen molar-refractivity contribution < 1.29 is 18.4 Å². The molecule has 30 heavy (non-hydrogen) atoms. The molecule has 0 aromatic heterocycles. The van der Waals surface area contributed by atoms with Gasteiger partial charge in [0.25, 0.3) is 0 Å². The summed E-state index contributed by atoms with van der Waals surface area (Å²) in [4.78, 5) is 0.777. The normalized spacial score (nSPS) is 21.0. The van der Waals surface area contributed by atoms with Crippen molar-refractivity contribution in [2.24, 2.45) is 0 Å². The molecule has 0 saturated carbocycles. The average molecular weight is 540 g/mol. The summed E-state index contributed by atoms with van der Waals surface area (Å²) in [6.07, 6.45) is 4.51. The monoisotopic (exact) mass is 540 g/mol. The van der Waals surface area contributed by atoms with Crippen molar-refractivity contribution in [3.05, 3.63) is 77.4 Å². The van der Waals surface area contributed by atoms with Crippen molar-refractivity contribution in [3.8, 4) is 0 Å². The number of aryl methyl sites for hydroxylation is 1. The van der Waals surface area contributed by atoms with E-state index >= 15 is 0 Å². The number of ether oxygens (including phenoxy) is 3. The van der Waals surface area contributed by atoms with Crippen LogP contribution in [-0.4, -0.2) is 33.6 Å². The first kappa shape index (κ1) is 23.4. The average Bonchev–Trinajstić information content (AvgIpc) is 3.23. The highest BCUT2D eigenvalue weighted by atomic mass is 127. The Hall–Kier alpha value is -1.22. The molecule has 0 aliphatic carbocycles. The van der Waals surface area contributed by atoms with Gasteiger partial charge in [0.1, 0.15) is 6.10 Å². The minimum atomic E-state index is -1.21. The summed E-state index contributed by atoms with van der Waals surface area (Å²) in [6.45, 7) is 3.21. The number of halogens is 1. The highest BCUT2D eigenvalue weighted by Crippen LogP contribution is 2.26. The molecule has 0 amide bonds. The van der Waals surface area contributed by atoms with E-state index in [2.05, 4.69) is 34.7 Å². The largest absolute Gasteiger partial charge is 0.495 e. The Kier molecular flexibility index (Phi) is 9.84. The van der Waals surface area contributed by atoms with Gasteiger partial charge in [-0.3, -0.25) is 0 Å². The van der Waals surface area contributed by atoms with E-state index in [4.69, 9.17) is 14.2 Å². The van der Waals surface area contributed by atoms with E-state index in [1.807, 2.05) is 49.4 Å². The van der Waals surface area contributed by atoms with E-state index in [9.17, 15) is 4.21 Å². The Bertz CT molecular complexity index is 810. The molecule has 4 atom stereocenters. The Morgan fingerprint density at radius 2 is 1.93 bits per heavy atom. The first-order valence-corrected chi connectivity index (χ1v) is 13.0. The standard InChI is InChI=1S/C24H29IO4S/c1-19-7-10-22(11-8-19)30(26)16-15-28-23(13-14-25)24-12-9-21(29-24)18-27-17-20-5-3-2-4-6-20/h2-8,10-11,15-16,21,23-24H,9,12-14,17-18H2,1H3/b16-15+/t21-,23+,24+,30+/m1/s1. The molecule has 1 fully saturated rings. The summed E-state index contributed by atoms with van der Waals surface area (Å²) < 4.78 is 31.4. The highest BCUT2D eigenvalue weighted by molar-refractivity contribution is 14.1. The Morgan fingerprint density at radius 1 is 1.17 bits per heavy atom. The minimum absolute atomic E-state index is 0.0349. The van der Waals surface area contributed by atoms with Crippen molar-refractivity contribution in [2.75, 3.05) is 11.0 Å². The van der Waals surface area contributed by atoms with Gasteiger partial charge in [-0.2, -0.15) is 0 Å². The van der Waals surface area contributed by atoms with Crippen LogP contribution in [-0.2, 0) is 31.6 Å². The molecule has 162 valence electrons. The summed E-state index contributed by atoms with van der Waals surface area (Å²) in [5.74, 6) is 0. The topological polar surface area (TPSA) is 44.8 Å². The minimum Gasteiger partial charge on any atom is -0.495 e. The van der Waals surface area contributed by atoms with Gasteiger partial charge >= 0.3 is 0 Å². The molecular formula is C24H29IO4S. The van der Waals surface area contributed by atoms with E-state index in [1.165, 1.54) is 5.56 Å². The van der Waals surface area contributed by atoms with Gasteiger partial charge in [-0.15, -0.1) is 0 Å². The maximum absolute atomic E-state index is 12.4. The lowest BCUT2D eigenvalue weighted by Crippen LogP contribution is -2.29. The number of rotatable bonds is 11. The molecule has 4 nitrogen and oxygen atoms in total. The van der Waals surface area contributed by atoms with Crippen molar-refractivity contribution in [2.45, 2.75) is 56.0 Å². The lowest BCUT2D eigenvalue weighted by Gasteiger charge is -2.23. The Morgan fingerprint density at radius 3 is 2.67 bits per heavy atom. The van der Waals surface area contributed by atoms with Crippen molar-refractivity contribution in [3.63, 3.8) is 0 Å². The third kappa shape index (κ3) is 7.48. The zero-order chi connectivity index (χ0) is 21.2. The summed E-state index contributed by atoms with van der Waals surface area (Å²) in [5.41, 5.74) is 2.32. The van der Waals surface area contributed by atoms with Crippen LogP contribution in [0.4, 0.5) is 0 Å². The SMILES string of the molecule is Cc1ccc([S@@](=O)/C=C/O[C@@H](CCI)[C@@H]2CC[C@H](COCc3ccccc3)O2)cc1. The molecule has 0 bridgehead atoms. The van der Waals surface area contributed by atoms with Gasteiger partial charge in [-0.1, -0.05) is 70.6 Å². The fourth-order valence-corrected chi connectivity index (χ4v) is 4.74. The molecular weight excluding hydrogens is 511 g/mol. The second-order valence-corrected chi connectivity index (χ2v) is 9.83. The van der Waals surface area contributed by atoms with Crippen LogP contribution in [0.5, 0.6) is 0 Å². The third-order valence-electron chi connectivity index (χ3n) is 5.05. The molecule has 1 heterocycles. The van der Waals surface area contributed by atoms with Gasteiger partial charge in [-0.25, -0.2) is 4.21 Å². The van der Waals surface area contributed by atoms with E-state index in [0.717, 1.165) is 34.1 Å². The van der Waals surface area contributed by atoms with Crippen molar-refractivity contribution in [1.82, 2.24) is 0 Å². The van der Waals surface area contributed by atoms with Crippen LogP contribution in [0, 0.1) is 6.92 Å². The Balaban J connectivity index is 1.45. The molecule has 1 aliphatic rings. The second-order valence-electron chi connectivity index (χ2n) is 7.41. The molecule has 0 unspecified atom stereocenters. The maximum atomic E-state index is 12.4. The summed E-state index contributed by atoms with van der Waals surface area (Å²) in [6, 6.07) is 17.9. The fourth-order valence-electron chi connectivity index (χ4n) is 3.40. The number of hydrogen-bond acceptors (Lipinski definition) is 4. The lowest BCUT2D eigenvalue weighted by atomic mass is 10.1. The van der Waals surface area contributed by atoms with Crippen molar-refractivity contribution >= 4 is 33.4 Å². The number of benzene rings is 2. The molecule has 0 spiro atoms. The van der Waals surface area contributed by atoms with Crippen LogP contribution in [0.25, 0.3) is 0 Å². The van der Waals surface area contributed by atoms with E-state index < -0.39 is 10.8 Å². The predicted molar refractivity (Wildman–Crippen MR) is 129 cm³/mol. The van der Waals surface area contributed by atoms with Gasteiger partial charge in [0.15, 0.2) is 0 Å². The summed E-state index contributed by atoms with van der Waals surface area (Å²) in [7, 11) is -1.21. The summed E-state index contributed by atoms with van der Waals surface area (Å²) in [5, 5.41) is 1.61. The van der Waals surface area contributed by atoms with Crippen LogP contribution in [0.15, 0.2) is 71.2 Å².